The Morgan fingerprint density at radius 1 is 1.50 bits per heavy atom. The first-order chi connectivity index (χ1) is 7.75. The molecular formula is C11H12ClN3O. The zero-order valence-corrected chi connectivity index (χ0v) is 9.37. The molecule has 0 aliphatic rings. The van der Waals surface area contributed by atoms with Crippen LogP contribution >= 0.6 is 11.6 Å². The fraction of sp³-hybridized carbons (Fsp3) is 0.182. The molecule has 0 aromatic carbocycles. The number of nitrogens with zero attached hydrogens (tertiary/aromatic N) is 1. The van der Waals surface area contributed by atoms with Crippen molar-refractivity contribution in [3.8, 4) is 0 Å². The molecule has 0 aliphatic heterocycles. The number of nitrogens with two attached hydrogens (primary N) is 1. The first-order valence-corrected chi connectivity index (χ1v) is 5.31. The van der Waals surface area contributed by atoms with Crippen molar-refractivity contribution in [1.82, 2.24) is 4.98 Å². The molecule has 2 aromatic rings. The van der Waals surface area contributed by atoms with Crippen LogP contribution in [0.25, 0.3) is 0 Å². The molecule has 0 radical (unpaired) electrons. The van der Waals surface area contributed by atoms with Crippen LogP contribution in [0.5, 0.6) is 0 Å². The summed E-state index contributed by atoms with van der Waals surface area (Å²) in [7, 11) is 0. The minimum absolute atomic E-state index is 0.536. The Labute approximate surface area is 98.4 Å². The molecule has 0 saturated heterocycles. The summed E-state index contributed by atoms with van der Waals surface area (Å²) in [6.07, 6.45) is 4.01. The van der Waals surface area contributed by atoms with Crippen LogP contribution in [0.15, 0.2) is 35.1 Å². The Balaban J connectivity index is 1.90. The fourth-order valence-corrected chi connectivity index (χ4v) is 1.53. The van der Waals surface area contributed by atoms with Crippen molar-refractivity contribution in [2.45, 2.75) is 6.42 Å². The molecule has 84 valence electrons. The predicted molar refractivity (Wildman–Crippen MR) is 64.6 cm³/mol. The van der Waals surface area contributed by atoms with Crippen LogP contribution < -0.4 is 11.1 Å². The molecule has 0 bridgehead atoms. The van der Waals surface area contributed by atoms with Gasteiger partial charge in [0.2, 0.25) is 0 Å². The summed E-state index contributed by atoms with van der Waals surface area (Å²) in [5.41, 5.74) is 6.30. The van der Waals surface area contributed by atoms with Gasteiger partial charge < -0.3 is 15.5 Å². The van der Waals surface area contributed by atoms with E-state index < -0.39 is 0 Å². The zero-order chi connectivity index (χ0) is 11.4. The number of halogens is 1. The van der Waals surface area contributed by atoms with Crippen molar-refractivity contribution in [1.29, 1.82) is 0 Å². The number of nitrogens with one attached hydrogen (secondary N) is 1. The topological polar surface area (TPSA) is 64.1 Å². The van der Waals surface area contributed by atoms with Gasteiger partial charge in [-0.05, 0) is 18.2 Å². The van der Waals surface area contributed by atoms with Gasteiger partial charge in [-0.3, -0.25) is 0 Å². The summed E-state index contributed by atoms with van der Waals surface area (Å²) >= 11 is 5.75. The Hall–Kier alpha value is -1.68. The summed E-state index contributed by atoms with van der Waals surface area (Å²) in [6, 6.07) is 5.47. The van der Waals surface area contributed by atoms with E-state index in [4.69, 9.17) is 21.8 Å². The first-order valence-electron chi connectivity index (χ1n) is 4.93. The van der Waals surface area contributed by atoms with Crippen molar-refractivity contribution in [3.05, 3.63) is 41.4 Å². The Bertz CT molecular complexity index is 456. The van der Waals surface area contributed by atoms with Gasteiger partial charge in [-0.1, -0.05) is 11.6 Å². The maximum Gasteiger partial charge on any atom is 0.149 e. The summed E-state index contributed by atoms with van der Waals surface area (Å²) in [4.78, 5) is 4.10. The van der Waals surface area contributed by atoms with Gasteiger partial charge in [0.25, 0.3) is 0 Å². The van der Waals surface area contributed by atoms with Gasteiger partial charge >= 0.3 is 0 Å². The third-order valence-corrected chi connectivity index (χ3v) is 2.33. The second kappa shape index (κ2) is 4.90. The number of aromatic nitrogens is 1. The smallest absolute Gasteiger partial charge is 0.149 e. The molecule has 0 saturated carbocycles. The molecule has 2 rings (SSSR count). The zero-order valence-electron chi connectivity index (χ0n) is 8.61. The number of furan rings is 1. The van der Waals surface area contributed by atoms with Crippen molar-refractivity contribution in [3.63, 3.8) is 0 Å². The summed E-state index contributed by atoms with van der Waals surface area (Å²) in [5.74, 6) is 1.58. The lowest BCUT2D eigenvalue weighted by atomic mass is 10.3. The summed E-state index contributed by atoms with van der Waals surface area (Å²) in [6.45, 7) is 0.715. The molecule has 16 heavy (non-hydrogen) atoms. The number of rotatable bonds is 4. The molecule has 0 atom stereocenters. The average molecular weight is 238 g/mol. The highest BCUT2D eigenvalue weighted by Gasteiger charge is 2.01. The first kappa shape index (κ1) is 10.8. The van der Waals surface area contributed by atoms with Gasteiger partial charge in [-0.15, -0.1) is 0 Å². The lowest BCUT2D eigenvalue weighted by molar-refractivity contribution is 0.513. The second-order valence-electron chi connectivity index (χ2n) is 3.35. The van der Waals surface area contributed by atoms with Crippen molar-refractivity contribution >= 4 is 23.1 Å². The number of nitrogen functional groups attached to an aromatic ring is 1. The van der Waals surface area contributed by atoms with Crippen LogP contribution in [-0.2, 0) is 6.42 Å². The van der Waals surface area contributed by atoms with E-state index in [2.05, 4.69) is 10.3 Å². The van der Waals surface area contributed by atoms with Crippen LogP contribution in [0.3, 0.4) is 0 Å². The van der Waals surface area contributed by atoms with E-state index in [9.17, 15) is 0 Å². The van der Waals surface area contributed by atoms with Gasteiger partial charge in [0.15, 0.2) is 0 Å². The Morgan fingerprint density at radius 3 is 3.06 bits per heavy atom. The Morgan fingerprint density at radius 2 is 2.38 bits per heavy atom. The van der Waals surface area contributed by atoms with Gasteiger partial charge in [0, 0.05) is 19.2 Å². The molecule has 4 nitrogen and oxygen atoms in total. The van der Waals surface area contributed by atoms with Crippen LogP contribution in [0.2, 0.25) is 5.02 Å². The Kier molecular flexibility index (Phi) is 3.31. The maximum absolute atomic E-state index is 5.75. The molecule has 0 amide bonds. The van der Waals surface area contributed by atoms with Gasteiger partial charge in [-0.25, -0.2) is 4.98 Å². The van der Waals surface area contributed by atoms with Gasteiger partial charge in [0.1, 0.15) is 11.6 Å². The third-order valence-electron chi connectivity index (χ3n) is 2.13. The quantitative estimate of drug-likeness (QED) is 0.858. The van der Waals surface area contributed by atoms with Crippen LogP contribution in [0, 0.1) is 0 Å². The van der Waals surface area contributed by atoms with Crippen LogP contribution in [0.1, 0.15) is 5.76 Å². The van der Waals surface area contributed by atoms with E-state index in [1.54, 1.807) is 18.5 Å². The molecule has 0 spiro atoms. The van der Waals surface area contributed by atoms with E-state index in [-0.39, 0.29) is 0 Å². The van der Waals surface area contributed by atoms with E-state index in [0.717, 1.165) is 12.2 Å². The molecule has 2 aromatic heterocycles. The second-order valence-corrected chi connectivity index (χ2v) is 3.78. The molecular weight excluding hydrogens is 226 g/mol. The molecule has 0 fully saturated rings. The highest BCUT2D eigenvalue weighted by molar-refractivity contribution is 6.30. The van der Waals surface area contributed by atoms with Crippen LogP contribution in [-0.4, -0.2) is 11.5 Å². The minimum Gasteiger partial charge on any atom is -0.469 e. The highest BCUT2D eigenvalue weighted by atomic mass is 35.5. The number of anilines is 2. The number of hydrogen-bond acceptors (Lipinski definition) is 4. The lowest BCUT2D eigenvalue weighted by Crippen LogP contribution is -2.08. The third kappa shape index (κ3) is 2.67. The minimum atomic E-state index is 0.536. The number of hydrogen-bond donors (Lipinski definition) is 2. The normalized spacial score (nSPS) is 10.3. The van der Waals surface area contributed by atoms with Gasteiger partial charge in [-0.2, -0.15) is 0 Å². The summed E-state index contributed by atoms with van der Waals surface area (Å²) in [5, 5.41) is 3.66. The van der Waals surface area contributed by atoms with Crippen LogP contribution in [0.4, 0.5) is 11.5 Å². The van der Waals surface area contributed by atoms with Crippen molar-refractivity contribution in [2.24, 2.45) is 0 Å². The standard InChI is InChI=1S/C11H12ClN3O/c12-8-6-10(13)11(15-7-8)14-4-3-9-2-1-5-16-9/h1-2,5-7H,3-4,13H2,(H,14,15). The maximum atomic E-state index is 5.75. The van der Waals surface area contributed by atoms with E-state index in [1.807, 2.05) is 12.1 Å². The molecule has 3 N–H and O–H groups in total. The molecule has 5 heteroatoms. The highest BCUT2D eigenvalue weighted by Crippen LogP contribution is 2.19. The largest absolute Gasteiger partial charge is 0.469 e. The van der Waals surface area contributed by atoms with E-state index in [0.29, 0.717) is 23.1 Å². The number of pyridine rings is 1. The average Bonchev–Trinajstić information content (AvgIpc) is 2.74. The van der Waals surface area contributed by atoms with Gasteiger partial charge in [0.05, 0.1) is 17.0 Å². The SMILES string of the molecule is Nc1cc(Cl)cnc1NCCc1ccco1. The fourth-order valence-electron chi connectivity index (χ4n) is 1.36. The van der Waals surface area contributed by atoms with E-state index >= 15 is 0 Å². The molecule has 0 unspecified atom stereocenters. The lowest BCUT2D eigenvalue weighted by Gasteiger charge is -2.07. The van der Waals surface area contributed by atoms with E-state index in [1.165, 1.54) is 0 Å². The monoisotopic (exact) mass is 237 g/mol. The van der Waals surface area contributed by atoms with Crippen molar-refractivity contribution < 1.29 is 4.42 Å². The predicted octanol–water partition coefficient (Wildman–Crippen LogP) is 2.56. The summed E-state index contributed by atoms with van der Waals surface area (Å²) < 4.78 is 5.21. The molecule has 2 heterocycles. The molecule has 0 aliphatic carbocycles. The van der Waals surface area contributed by atoms with Crippen molar-refractivity contribution in [2.75, 3.05) is 17.6 Å².